The molecule has 0 spiro atoms. The Kier molecular flexibility index (Phi) is 16.7. The van der Waals surface area contributed by atoms with Gasteiger partial charge in [0.15, 0.2) is 0 Å². The number of carbonyl (C=O) groups is 1. The van der Waals surface area contributed by atoms with Crippen LogP contribution in [0.1, 0.15) is 146 Å². The van der Waals surface area contributed by atoms with Gasteiger partial charge in [-0.3, -0.25) is 0 Å². The Morgan fingerprint density at radius 3 is 1.77 bits per heavy atom. The molecule has 1 aliphatic carbocycles. The Morgan fingerprint density at radius 1 is 0.688 bits per heavy atom. The number of aromatic nitrogens is 2. The third kappa shape index (κ3) is 10.6. The van der Waals surface area contributed by atoms with E-state index < -0.39 is 5.97 Å². The average Bonchev–Trinajstić information content (AvgIpc) is 4.12. The Labute approximate surface area is 391 Å². The van der Waals surface area contributed by atoms with E-state index in [1.165, 1.54) is 71.1 Å². The van der Waals surface area contributed by atoms with Crippen LogP contribution in [-0.4, -0.2) is 33.0 Å². The van der Waals surface area contributed by atoms with Gasteiger partial charge in [-0.25, -0.2) is 4.79 Å². The van der Waals surface area contributed by atoms with Crippen molar-refractivity contribution in [3.05, 3.63) is 94.4 Å². The highest BCUT2D eigenvalue weighted by atomic mass is 32.1. The molecule has 336 valence electrons. The zero-order valence-electron chi connectivity index (χ0n) is 37.9. The van der Waals surface area contributed by atoms with Gasteiger partial charge in [0.05, 0.1) is 30.6 Å². The van der Waals surface area contributed by atoms with E-state index in [-0.39, 0.29) is 11.0 Å². The first-order chi connectivity index (χ1) is 31.3. The highest BCUT2D eigenvalue weighted by Crippen LogP contribution is 2.61. The molecule has 0 radical (unpaired) electrons. The van der Waals surface area contributed by atoms with Gasteiger partial charge in [0, 0.05) is 41.9 Å². The Balaban J connectivity index is 1.30. The summed E-state index contributed by atoms with van der Waals surface area (Å²) in [5.41, 5.74) is 7.93. The van der Waals surface area contributed by atoms with Gasteiger partial charge in [0.2, 0.25) is 0 Å². The van der Waals surface area contributed by atoms with Gasteiger partial charge >= 0.3 is 5.97 Å². The van der Waals surface area contributed by atoms with Crippen LogP contribution in [0.2, 0.25) is 0 Å². The number of carboxylic acids is 1. The molecule has 1 N–H and O–H groups in total. The number of benzene rings is 3. The fourth-order valence-electron chi connectivity index (χ4n) is 8.98. The molecule has 1 aliphatic rings. The van der Waals surface area contributed by atoms with E-state index in [2.05, 4.69) is 105 Å². The summed E-state index contributed by atoms with van der Waals surface area (Å²) in [6, 6.07) is 27.6. The van der Waals surface area contributed by atoms with E-state index in [0.29, 0.717) is 13.2 Å². The number of thiophene rings is 2. The minimum Gasteiger partial charge on any atom is -0.494 e. The van der Waals surface area contributed by atoms with Crippen LogP contribution in [-0.2, 0) is 10.2 Å². The normalized spacial score (nSPS) is 12.9. The molecule has 3 aromatic heterocycles. The molecule has 11 heteroatoms. The maximum absolute atomic E-state index is 11.9. The highest BCUT2D eigenvalue weighted by Gasteiger charge is 2.45. The number of unbranched alkanes of at least 4 members (excludes halogenated alkanes) is 10. The van der Waals surface area contributed by atoms with Crippen LogP contribution < -0.4 is 14.4 Å². The maximum Gasteiger partial charge on any atom is 0.346 e. The third-order valence-corrected chi connectivity index (χ3v) is 15.3. The van der Waals surface area contributed by atoms with E-state index in [1.54, 1.807) is 28.7 Å². The minimum absolute atomic E-state index is 0.187. The van der Waals surface area contributed by atoms with E-state index in [9.17, 15) is 15.2 Å². The van der Waals surface area contributed by atoms with Crippen molar-refractivity contribution in [2.45, 2.75) is 136 Å². The quantitative estimate of drug-likeness (QED) is 0.0326. The number of hydrogen-bond acceptors (Lipinski definition) is 10. The van der Waals surface area contributed by atoms with Gasteiger partial charge in [-0.15, -0.1) is 22.7 Å². The summed E-state index contributed by atoms with van der Waals surface area (Å²) in [5, 5.41) is 19.4. The van der Waals surface area contributed by atoms with Crippen molar-refractivity contribution < 1.29 is 19.4 Å². The largest absolute Gasteiger partial charge is 0.494 e. The van der Waals surface area contributed by atoms with Crippen molar-refractivity contribution in [1.82, 2.24) is 8.75 Å². The van der Waals surface area contributed by atoms with Crippen LogP contribution in [0.25, 0.3) is 37.3 Å². The van der Waals surface area contributed by atoms with E-state index in [4.69, 9.17) is 18.2 Å². The molecular weight excluding hydrogens is 853 g/mol. The number of fused-ring (bicyclic) bond motifs is 4. The third-order valence-electron chi connectivity index (χ3n) is 12.4. The summed E-state index contributed by atoms with van der Waals surface area (Å²) in [6.45, 7) is 10.3. The first-order valence-electron chi connectivity index (χ1n) is 23.5. The topological polar surface area (TPSA) is 109 Å². The summed E-state index contributed by atoms with van der Waals surface area (Å²) >= 11 is 4.66. The van der Waals surface area contributed by atoms with E-state index in [1.807, 2.05) is 6.07 Å². The standard InChI is InChI=1S/C53H62N4O4S3/c1-5-9-13-15-29-53(30-16-14-10-6-2)44-34-42(33-37(36-54)52(58)59)62-50(44)51-45(53)35-47(63-51)43-27-28-46(49-48(43)55-64-56-49)57(38-19-23-40(24-20-38)60-31-17-11-7-3)39-21-25-41(26-22-39)61-32-18-12-8-4/h19-28,33-35H,5-18,29-32H2,1-4H3,(H,58,59)/b37-33+. The lowest BCUT2D eigenvalue weighted by atomic mass is 9.71. The molecule has 6 aromatic rings. The molecule has 0 atom stereocenters. The summed E-state index contributed by atoms with van der Waals surface area (Å²) in [5.74, 6) is 0.512. The van der Waals surface area contributed by atoms with E-state index >= 15 is 0 Å². The number of rotatable bonds is 26. The van der Waals surface area contributed by atoms with Crippen LogP contribution in [0.3, 0.4) is 0 Å². The fraction of sp³-hybridized carbons (Fsp3) is 0.434. The zero-order valence-corrected chi connectivity index (χ0v) is 40.4. The van der Waals surface area contributed by atoms with Crippen LogP contribution in [0.4, 0.5) is 17.1 Å². The SMILES string of the molecule is CCCCCCC1(CCCCCC)c2cc(/C=C(\C#N)C(=O)O)sc2-c2sc(-c3ccc(N(c4ccc(OCCCCC)cc4)c4ccc(OCCCCC)cc4)c4nsnc34)cc21. The van der Waals surface area contributed by atoms with Crippen molar-refractivity contribution in [2.24, 2.45) is 0 Å². The monoisotopic (exact) mass is 914 g/mol. The molecule has 0 unspecified atom stereocenters. The molecule has 0 saturated heterocycles. The summed E-state index contributed by atoms with van der Waals surface area (Å²) < 4.78 is 22.2. The van der Waals surface area contributed by atoms with Crippen LogP contribution in [0, 0.1) is 11.3 Å². The minimum atomic E-state index is -1.20. The highest BCUT2D eigenvalue weighted by molar-refractivity contribution is 7.24. The average molecular weight is 915 g/mol. The van der Waals surface area contributed by atoms with Crippen molar-refractivity contribution in [2.75, 3.05) is 18.1 Å². The van der Waals surface area contributed by atoms with Crippen molar-refractivity contribution in [1.29, 1.82) is 5.26 Å². The lowest BCUT2D eigenvalue weighted by Crippen LogP contribution is -2.25. The van der Waals surface area contributed by atoms with E-state index in [0.717, 1.165) is 119 Å². The molecule has 7 rings (SSSR count). The Bertz CT molecular complexity index is 2460. The molecular formula is C53H62N4O4S3. The molecule has 3 heterocycles. The predicted octanol–water partition coefficient (Wildman–Crippen LogP) is 16.3. The Hall–Kier alpha value is -5.02. The van der Waals surface area contributed by atoms with Crippen molar-refractivity contribution in [3.63, 3.8) is 0 Å². The van der Waals surface area contributed by atoms with Gasteiger partial charge in [-0.1, -0.05) is 105 Å². The molecule has 3 aromatic carbocycles. The summed E-state index contributed by atoms with van der Waals surface area (Å²) in [7, 11) is 0. The van der Waals surface area contributed by atoms with Gasteiger partial charge in [0.1, 0.15) is 34.2 Å². The Morgan fingerprint density at radius 2 is 1.22 bits per heavy atom. The molecule has 0 saturated carbocycles. The number of hydrogen-bond donors (Lipinski definition) is 1. The lowest BCUT2D eigenvalue weighted by molar-refractivity contribution is -0.132. The summed E-state index contributed by atoms with van der Waals surface area (Å²) in [6.07, 6.45) is 19.6. The number of nitriles is 1. The lowest BCUT2D eigenvalue weighted by Gasteiger charge is -2.31. The van der Waals surface area contributed by atoms with Crippen LogP contribution >= 0.6 is 34.4 Å². The predicted molar refractivity (Wildman–Crippen MR) is 268 cm³/mol. The molecule has 64 heavy (non-hydrogen) atoms. The second kappa shape index (κ2) is 22.7. The number of carboxylic acid groups (broad SMARTS) is 1. The first-order valence-corrected chi connectivity index (χ1v) is 25.9. The van der Waals surface area contributed by atoms with Crippen LogP contribution in [0.15, 0.2) is 78.4 Å². The van der Waals surface area contributed by atoms with Crippen molar-refractivity contribution >= 4 is 74.5 Å². The first kappa shape index (κ1) is 47.0. The zero-order chi connectivity index (χ0) is 44.9. The maximum atomic E-state index is 11.9. The number of ether oxygens (including phenoxy) is 2. The number of anilines is 3. The second-order valence-corrected chi connectivity index (χ2v) is 19.6. The fourth-order valence-corrected chi connectivity index (χ4v) is 12.2. The number of nitrogens with zero attached hydrogens (tertiary/aromatic N) is 4. The van der Waals surface area contributed by atoms with Crippen LogP contribution in [0.5, 0.6) is 11.5 Å². The summed E-state index contributed by atoms with van der Waals surface area (Å²) in [4.78, 5) is 18.6. The molecule has 0 bridgehead atoms. The van der Waals surface area contributed by atoms with Crippen molar-refractivity contribution in [3.8, 4) is 37.8 Å². The van der Waals surface area contributed by atoms with Gasteiger partial charge in [0.25, 0.3) is 0 Å². The molecule has 0 aliphatic heterocycles. The smallest absolute Gasteiger partial charge is 0.346 e. The van der Waals surface area contributed by atoms with Gasteiger partial charge in [-0.05, 0) is 116 Å². The number of aliphatic carboxylic acids is 1. The van der Waals surface area contributed by atoms with Gasteiger partial charge < -0.3 is 19.5 Å². The molecule has 8 nitrogen and oxygen atoms in total. The second-order valence-electron chi connectivity index (χ2n) is 17.0. The molecule has 0 fully saturated rings. The molecule has 0 amide bonds. The van der Waals surface area contributed by atoms with Gasteiger partial charge in [-0.2, -0.15) is 14.0 Å².